The molecule has 0 aliphatic heterocycles. The number of aromatic amines is 1. The monoisotopic (exact) mass is 304 g/mol. The molecule has 0 unspecified atom stereocenters. The van der Waals surface area contributed by atoms with E-state index in [0.29, 0.717) is 33.6 Å². The van der Waals surface area contributed by atoms with Crippen molar-refractivity contribution in [2.45, 2.75) is 13.5 Å². The zero-order valence-electron chi connectivity index (χ0n) is 10.9. The Labute approximate surface area is 121 Å². The number of benzene rings is 1. The predicted octanol–water partition coefficient (Wildman–Crippen LogP) is 2.61. The predicted molar refractivity (Wildman–Crippen MR) is 77.5 cm³/mol. The lowest BCUT2D eigenvalue weighted by atomic mass is 10.2. The van der Waals surface area contributed by atoms with E-state index in [2.05, 4.69) is 10.2 Å². The van der Waals surface area contributed by atoms with Crippen molar-refractivity contribution in [3.8, 4) is 0 Å². The van der Waals surface area contributed by atoms with Crippen LogP contribution in [0.4, 0.5) is 4.39 Å². The van der Waals surface area contributed by atoms with Crippen LogP contribution < -0.4 is 5.56 Å². The minimum atomic E-state index is -0.426. The lowest BCUT2D eigenvalue weighted by Gasteiger charge is -2.03. The second-order valence-corrected chi connectivity index (χ2v) is 5.02. The van der Waals surface area contributed by atoms with Crippen molar-refractivity contribution in [2.75, 3.05) is 0 Å². The number of nitrogens with one attached hydrogen (secondary N) is 1. The first kappa shape index (κ1) is 12.3. The average Bonchev–Trinajstić information content (AvgIpc) is 3.00. The van der Waals surface area contributed by atoms with Crippen molar-refractivity contribution in [3.05, 3.63) is 39.1 Å². The summed E-state index contributed by atoms with van der Waals surface area (Å²) in [6.07, 6.45) is 0. The van der Waals surface area contributed by atoms with Gasteiger partial charge in [-0.2, -0.15) is 0 Å². The minimum Gasteiger partial charge on any atom is -0.448 e. The minimum absolute atomic E-state index is 0.141. The third-order valence-corrected chi connectivity index (χ3v) is 3.78. The molecule has 0 amide bonds. The molecule has 0 aliphatic rings. The number of aromatic nitrogens is 4. The molecule has 6 nitrogen and oxygen atoms in total. The Morgan fingerprint density at radius 2 is 2.29 bits per heavy atom. The molecule has 3 aromatic heterocycles. The standard InChI is InChI=1S/C13H9FN4O2S/c1-2-17-11(19)10-9(18-12(17)15-16-13(18)21)7-4-3-6(14)5-8(7)20-10/h3-5H,2H2,1H3,(H,16,21). The van der Waals surface area contributed by atoms with Crippen LogP contribution in [0.1, 0.15) is 6.92 Å². The largest absolute Gasteiger partial charge is 0.448 e. The molecule has 1 N–H and O–H groups in total. The molecule has 0 spiro atoms. The molecule has 0 saturated heterocycles. The molecule has 21 heavy (non-hydrogen) atoms. The van der Waals surface area contributed by atoms with Crippen LogP contribution in [-0.2, 0) is 6.54 Å². The number of aryl methyl sites for hydroxylation is 1. The maximum Gasteiger partial charge on any atom is 0.298 e. The van der Waals surface area contributed by atoms with Gasteiger partial charge in [-0.3, -0.25) is 9.36 Å². The Balaban J connectivity index is 2.43. The van der Waals surface area contributed by atoms with Crippen molar-refractivity contribution >= 4 is 40.1 Å². The van der Waals surface area contributed by atoms with Crippen LogP contribution in [0.2, 0.25) is 0 Å². The first-order chi connectivity index (χ1) is 10.1. The molecule has 8 heteroatoms. The Kier molecular flexibility index (Phi) is 2.35. The Morgan fingerprint density at radius 3 is 3.05 bits per heavy atom. The van der Waals surface area contributed by atoms with Gasteiger partial charge in [0.1, 0.15) is 16.9 Å². The zero-order chi connectivity index (χ0) is 14.7. The lowest BCUT2D eigenvalue weighted by Crippen LogP contribution is -2.21. The number of hydrogen-bond acceptors (Lipinski definition) is 4. The van der Waals surface area contributed by atoms with Crippen LogP contribution in [0.25, 0.3) is 27.8 Å². The summed E-state index contributed by atoms with van der Waals surface area (Å²) in [7, 11) is 0. The first-order valence-electron chi connectivity index (χ1n) is 6.33. The second-order valence-electron chi connectivity index (χ2n) is 4.63. The molecule has 4 aromatic rings. The highest BCUT2D eigenvalue weighted by Crippen LogP contribution is 2.27. The smallest absolute Gasteiger partial charge is 0.298 e. The number of rotatable bonds is 1. The molecular formula is C13H9FN4O2S. The van der Waals surface area contributed by atoms with Gasteiger partial charge in [-0.25, -0.2) is 13.9 Å². The van der Waals surface area contributed by atoms with Gasteiger partial charge in [-0.1, -0.05) is 0 Å². The average molecular weight is 304 g/mol. The molecule has 0 atom stereocenters. The van der Waals surface area contributed by atoms with E-state index in [9.17, 15) is 9.18 Å². The third-order valence-electron chi connectivity index (χ3n) is 3.50. The SMILES string of the molecule is CCn1c(=O)c2oc3cc(F)ccc3c2n2c(=S)[nH]nc12. The fourth-order valence-corrected chi connectivity index (χ4v) is 2.81. The molecule has 0 saturated carbocycles. The Morgan fingerprint density at radius 1 is 1.48 bits per heavy atom. The van der Waals surface area contributed by atoms with Gasteiger partial charge in [0.05, 0.1) is 0 Å². The van der Waals surface area contributed by atoms with E-state index >= 15 is 0 Å². The van der Waals surface area contributed by atoms with Gasteiger partial charge in [-0.15, -0.1) is 5.10 Å². The van der Waals surface area contributed by atoms with Crippen LogP contribution in [0.15, 0.2) is 27.4 Å². The lowest BCUT2D eigenvalue weighted by molar-refractivity contribution is 0.613. The third kappa shape index (κ3) is 1.47. The molecule has 106 valence electrons. The van der Waals surface area contributed by atoms with Crippen LogP contribution >= 0.6 is 12.2 Å². The van der Waals surface area contributed by atoms with Crippen molar-refractivity contribution in [3.63, 3.8) is 0 Å². The number of fused-ring (bicyclic) bond motifs is 5. The van der Waals surface area contributed by atoms with E-state index in [1.807, 2.05) is 6.92 Å². The van der Waals surface area contributed by atoms with Gasteiger partial charge in [0.15, 0.2) is 0 Å². The summed E-state index contributed by atoms with van der Waals surface area (Å²) < 4.78 is 22.4. The van der Waals surface area contributed by atoms with Crippen LogP contribution in [-0.4, -0.2) is 19.2 Å². The van der Waals surface area contributed by atoms with E-state index in [0.717, 1.165) is 0 Å². The highest BCUT2D eigenvalue weighted by Gasteiger charge is 2.19. The zero-order valence-corrected chi connectivity index (χ0v) is 11.7. The topological polar surface area (TPSA) is 68.2 Å². The molecule has 0 bridgehead atoms. The van der Waals surface area contributed by atoms with Crippen molar-refractivity contribution in [1.29, 1.82) is 0 Å². The summed E-state index contributed by atoms with van der Waals surface area (Å²) in [4.78, 5) is 12.5. The maximum atomic E-state index is 13.4. The Hall–Kier alpha value is -2.48. The van der Waals surface area contributed by atoms with Gasteiger partial charge in [0, 0.05) is 18.0 Å². The molecule has 0 radical (unpaired) electrons. The summed E-state index contributed by atoms with van der Waals surface area (Å²) in [5, 5.41) is 7.39. The van der Waals surface area contributed by atoms with Gasteiger partial charge >= 0.3 is 0 Å². The number of H-pyrrole nitrogens is 1. The summed E-state index contributed by atoms with van der Waals surface area (Å²) in [6, 6.07) is 4.14. The molecule has 1 aromatic carbocycles. The quantitative estimate of drug-likeness (QED) is 0.549. The number of furan rings is 1. The van der Waals surface area contributed by atoms with Crippen molar-refractivity contribution in [1.82, 2.24) is 19.2 Å². The van der Waals surface area contributed by atoms with E-state index in [-0.39, 0.29) is 11.1 Å². The number of hydrogen-bond donors (Lipinski definition) is 1. The van der Waals surface area contributed by atoms with E-state index in [4.69, 9.17) is 16.6 Å². The highest BCUT2D eigenvalue weighted by atomic mass is 32.1. The van der Waals surface area contributed by atoms with E-state index in [1.54, 1.807) is 10.5 Å². The normalized spacial score (nSPS) is 11.9. The molecule has 4 rings (SSSR count). The first-order valence-corrected chi connectivity index (χ1v) is 6.74. The molecular weight excluding hydrogens is 295 g/mol. The van der Waals surface area contributed by atoms with Gasteiger partial charge in [0.2, 0.25) is 16.1 Å². The molecule has 0 aliphatic carbocycles. The number of nitrogens with zero attached hydrogens (tertiary/aromatic N) is 3. The molecule has 3 heterocycles. The Bertz CT molecular complexity index is 1130. The van der Waals surface area contributed by atoms with Crippen LogP contribution in [0, 0.1) is 10.6 Å². The fourth-order valence-electron chi connectivity index (χ4n) is 2.59. The second kappa shape index (κ2) is 4.01. The van der Waals surface area contributed by atoms with E-state index < -0.39 is 5.82 Å². The number of halogens is 1. The van der Waals surface area contributed by atoms with E-state index in [1.165, 1.54) is 16.7 Å². The van der Waals surface area contributed by atoms with Crippen molar-refractivity contribution in [2.24, 2.45) is 0 Å². The molecule has 0 fully saturated rings. The fraction of sp³-hybridized carbons (Fsp3) is 0.154. The van der Waals surface area contributed by atoms with Gasteiger partial charge < -0.3 is 4.42 Å². The van der Waals surface area contributed by atoms with Crippen molar-refractivity contribution < 1.29 is 8.81 Å². The summed E-state index contributed by atoms with van der Waals surface area (Å²) in [5.41, 5.74) is 0.641. The van der Waals surface area contributed by atoms with Gasteiger partial charge in [0.25, 0.3) is 5.56 Å². The maximum absolute atomic E-state index is 13.4. The van der Waals surface area contributed by atoms with Crippen LogP contribution in [0.5, 0.6) is 0 Å². The van der Waals surface area contributed by atoms with Crippen LogP contribution in [0.3, 0.4) is 0 Å². The summed E-state index contributed by atoms with van der Waals surface area (Å²) >= 11 is 5.23. The summed E-state index contributed by atoms with van der Waals surface area (Å²) in [5.74, 6) is -0.0172. The highest BCUT2D eigenvalue weighted by molar-refractivity contribution is 7.71. The van der Waals surface area contributed by atoms with Gasteiger partial charge in [-0.05, 0) is 31.3 Å². The summed E-state index contributed by atoms with van der Waals surface area (Å²) in [6.45, 7) is 2.25.